The van der Waals surface area contributed by atoms with Crippen LogP contribution in [0.1, 0.15) is 38.5 Å². The van der Waals surface area contributed by atoms with E-state index < -0.39 is 5.97 Å². The van der Waals surface area contributed by atoms with E-state index >= 15 is 0 Å². The Hall–Kier alpha value is -1.14. The van der Waals surface area contributed by atoms with Crippen molar-refractivity contribution in [2.45, 2.75) is 50.7 Å². The highest BCUT2D eigenvalue weighted by Crippen LogP contribution is 2.26. The average molecular weight is 284 g/mol. The molecule has 0 radical (unpaired) electrons. The molecule has 0 bridgehead atoms. The Morgan fingerprint density at radius 1 is 1.10 bits per heavy atom. The summed E-state index contributed by atoms with van der Waals surface area (Å²) >= 11 is 0. The quantitative estimate of drug-likeness (QED) is 0.788. The fraction of sp³-hybridized carbons (Fsp3) is 0.857. The van der Waals surface area contributed by atoms with E-state index in [4.69, 9.17) is 15.6 Å². The largest absolute Gasteiger partial charge is 0.480 e. The third-order valence-electron chi connectivity index (χ3n) is 4.32. The predicted molar refractivity (Wildman–Crippen MR) is 73.1 cm³/mol. The highest BCUT2D eigenvalue weighted by molar-refractivity contribution is 5.79. The van der Waals surface area contributed by atoms with Crippen molar-refractivity contribution in [1.29, 1.82) is 0 Å². The molecule has 1 amide bonds. The Morgan fingerprint density at radius 2 is 1.70 bits per heavy atom. The molecule has 1 aliphatic heterocycles. The van der Waals surface area contributed by atoms with Crippen molar-refractivity contribution in [2.75, 3.05) is 19.7 Å². The van der Waals surface area contributed by atoms with Crippen LogP contribution in [0.15, 0.2) is 0 Å². The van der Waals surface area contributed by atoms with E-state index in [1.165, 1.54) is 0 Å². The van der Waals surface area contributed by atoms with Crippen LogP contribution in [-0.2, 0) is 14.3 Å². The normalized spacial score (nSPS) is 28.4. The number of aliphatic carboxylic acids is 1. The van der Waals surface area contributed by atoms with Gasteiger partial charge in [-0.05, 0) is 38.5 Å². The molecule has 2 rings (SSSR count). The minimum Gasteiger partial charge on any atom is -0.480 e. The first-order valence-electron chi connectivity index (χ1n) is 7.44. The lowest BCUT2D eigenvalue weighted by Crippen LogP contribution is -2.45. The number of likely N-dealkylation sites (tertiary alicyclic amines) is 1. The second-order valence-electron chi connectivity index (χ2n) is 5.84. The maximum atomic E-state index is 12.4. The zero-order valence-corrected chi connectivity index (χ0v) is 11.8. The number of piperidine rings is 1. The predicted octanol–water partition coefficient (Wildman–Crippen LogP) is 0.596. The van der Waals surface area contributed by atoms with Gasteiger partial charge < -0.3 is 20.5 Å². The summed E-state index contributed by atoms with van der Waals surface area (Å²) in [6, 6.07) is 0.259. The average Bonchev–Trinajstić information content (AvgIpc) is 2.46. The first-order chi connectivity index (χ1) is 9.56. The first kappa shape index (κ1) is 15.3. The zero-order chi connectivity index (χ0) is 14.5. The molecule has 0 unspecified atom stereocenters. The number of carbonyl (C=O) groups excluding carboxylic acids is 1. The first-order valence-corrected chi connectivity index (χ1v) is 7.44. The van der Waals surface area contributed by atoms with Gasteiger partial charge in [0, 0.05) is 25.0 Å². The molecule has 2 fully saturated rings. The fourth-order valence-corrected chi connectivity index (χ4v) is 3.06. The molecular weight excluding hydrogens is 260 g/mol. The molecule has 0 atom stereocenters. The summed E-state index contributed by atoms with van der Waals surface area (Å²) in [4.78, 5) is 24.7. The van der Waals surface area contributed by atoms with Gasteiger partial charge in [0.05, 0.1) is 6.10 Å². The molecule has 6 nitrogen and oxygen atoms in total. The maximum Gasteiger partial charge on any atom is 0.329 e. The molecule has 1 aliphatic carbocycles. The van der Waals surface area contributed by atoms with E-state index in [0.29, 0.717) is 13.1 Å². The van der Waals surface area contributed by atoms with Crippen LogP contribution in [0, 0.1) is 5.92 Å². The summed E-state index contributed by atoms with van der Waals surface area (Å²) in [6.07, 6.45) is 5.10. The lowest BCUT2D eigenvalue weighted by molar-refractivity contribution is -0.147. The second-order valence-corrected chi connectivity index (χ2v) is 5.84. The summed E-state index contributed by atoms with van der Waals surface area (Å²) in [7, 11) is 0. The van der Waals surface area contributed by atoms with Gasteiger partial charge in [0.2, 0.25) is 5.91 Å². The van der Waals surface area contributed by atoms with Crippen LogP contribution in [0.3, 0.4) is 0 Å². The molecule has 114 valence electrons. The number of nitrogens with zero attached hydrogens (tertiary/aromatic N) is 1. The third kappa shape index (κ3) is 4.18. The van der Waals surface area contributed by atoms with E-state index in [2.05, 4.69) is 0 Å². The zero-order valence-electron chi connectivity index (χ0n) is 11.8. The molecule has 6 heteroatoms. The molecule has 2 aliphatic rings. The number of carboxylic acid groups (broad SMARTS) is 1. The van der Waals surface area contributed by atoms with Gasteiger partial charge >= 0.3 is 5.97 Å². The SMILES string of the molecule is NC1CCC(C(=O)N2CCC(OCC(=O)O)CC2)CC1. The van der Waals surface area contributed by atoms with Crippen LogP contribution in [0.25, 0.3) is 0 Å². The van der Waals surface area contributed by atoms with Crippen molar-refractivity contribution in [3.8, 4) is 0 Å². The maximum absolute atomic E-state index is 12.4. The molecule has 0 aromatic heterocycles. The molecule has 0 aromatic rings. The van der Waals surface area contributed by atoms with E-state index in [9.17, 15) is 9.59 Å². The molecular formula is C14H24N2O4. The Bertz CT molecular complexity index is 345. The molecule has 1 heterocycles. The summed E-state index contributed by atoms with van der Waals surface area (Å²) in [5.74, 6) is -0.568. The number of rotatable bonds is 4. The summed E-state index contributed by atoms with van der Waals surface area (Å²) in [5.41, 5.74) is 5.86. The number of amides is 1. The Balaban J connectivity index is 1.73. The number of carbonyl (C=O) groups is 2. The molecule has 1 saturated carbocycles. The van der Waals surface area contributed by atoms with Gasteiger partial charge in [0.1, 0.15) is 6.61 Å². The monoisotopic (exact) mass is 284 g/mol. The van der Waals surface area contributed by atoms with E-state index in [-0.39, 0.29) is 30.6 Å². The summed E-state index contributed by atoms with van der Waals surface area (Å²) in [6.45, 7) is 1.09. The van der Waals surface area contributed by atoms with Crippen LogP contribution >= 0.6 is 0 Å². The van der Waals surface area contributed by atoms with Crippen molar-refractivity contribution < 1.29 is 19.4 Å². The van der Waals surface area contributed by atoms with Gasteiger partial charge in [0.15, 0.2) is 0 Å². The van der Waals surface area contributed by atoms with Crippen molar-refractivity contribution in [2.24, 2.45) is 11.7 Å². The highest BCUT2D eigenvalue weighted by atomic mass is 16.5. The van der Waals surface area contributed by atoms with E-state index in [1.54, 1.807) is 0 Å². The van der Waals surface area contributed by atoms with Crippen LogP contribution < -0.4 is 5.73 Å². The van der Waals surface area contributed by atoms with Gasteiger partial charge in [-0.3, -0.25) is 4.79 Å². The topological polar surface area (TPSA) is 92.9 Å². The Morgan fingerprint density at radius 3 is 2.25 bits per heavy atom. The minimum absolute atomic E-state index is 0.0325. The van der Waals surface area contributed by atoms with Gasteiger partial charge in [-0.1, -0.05) is 0 Å². The second kappa shape index (κ2) is 7.04. The van der Waals surface area contributed by atoms with Gasteiger partial charge in [-0.25, -0.2) is 4.79 Å². The van der Waals surface area contributed by atoms with Crippen LogP contribution in [0.5, 0.6) is 0 Å². The standard InChI is InChI=1S/C14H24N2O4/c15-11-3-1-10(2-4-11)14(19)16-7-5-12(6-8-16)20-9-13(17)18/h10-12H,1-9,15H2,(H,17,18). The Kier molecular flexibility index (Phi) is 5.37. The number of ether oxygens (including phenoxy) is 1. The van der Waals surface area contributed by atoms with Gasteiger partial charge in [0.25, 0.3) is 0 Å². The number of hydrogen-bond acceptors (Lipinski definition) is 4. The molecule has 1 saturated heterocycles. The third-order valence-corrected chi connectivity index (χ3v) is 4.32. The van der Waals surface area contributed by atoms with Crippen LogP contribution in [0.4, 0.5) is 0 Å². The lowest BCUT2D eigenvalue weighted by atomic mass is 9.85. The highest BCUT2D eigenvalue weighted by Gasteiger charge is 2.30. The van der Waals surface area contributed by atoms with Crippen LogP contribution in [0.2, 0.25) is 0 Å². The van der Waals surface area contributed by atoms with Crippen molar-refractivity contribution in [3.63, 3.8) is 0 Å². The molecule has 20 heavy (non-hydrogen) atoms. The lowest BCUT2D eigenvalue weighted by Gasteiger charge is -2.35. The minimum atomic E-state index is -0.943. The Labute approximate surface area is 119 Å². The number of hydrogen-bond donors (Lipinski definition) is 2. The molecule has 3 N–H and O–H groups in total. The van der Waals surface area contributed by atoms with Crippen molar-refractivity contribution in [3.05, 3.63) is 0 Å². The summed E-state index contributed by atoms with van der Waals surface area (Å²) in [5, 5.41) is 8.58. The number of nitrogens with two attached hydrogens (primary N) is 1. The van der Waals surface area contributed by atoms with Gasteiger partial charge in [-0.15, -0.1) is 0 Å². The number of carboxylic acids is 1. The smallest absolute Gasteiger partial charge is 0.329 e. The van der Waals surface area contributed by atoms with Gasteiger partial charge in [-0.2, -0.15) is 0 Å². The van der Waals surface area contributed by atoms with E-state index in [1.807, 2.05) is 4.90 Å². The van der Waals surface area contributed by atoms with Crippen LogP contribution in [-0.4, -0.2) is 53.7 Å². The summed E-state index contributed by atoms with van der Waals surface area (Å²) < 4.78 is 5.28. The van der Waals surface area contributed by atoms with Crippen molar-refractivity contribution in [1.82, 2.24) is 4.90 Å². The molecule has 0 aromatic carbocycles. The van der Waals surface area contributed by atoms with E-state index in [0.717, 1.165) is 38.5 Å². The van der Waals surface area contributed by atoms with Crippen molar-refractivity contribution >= 4 is 11.9 Å². The fourth-order valence-electron chi connectivity index (χ4n) is 3.06. The molecule has 0 spiro atoms.